The summed E-state index contributed by atoms with van der Waals surface area (Å²) >= 11 is 0. The van der Waals surface area contributed by atoms with Gasteiger partial charge in [0.05, 0.1) is 12.8 Å². The Morgan fingerprint density at radius 1 is 1.02 bits per heavy atom. The normalized spacial score (nSPS) is 10.9. The quantitative estimate of drug-likeness (QED) is 0.0747. The maximum Gasteiger partial charge on any atom is 0.308 e. The maximum atomic E-state index is 12.6. The van der Waals surface area contributed by atoms with Gasteiger partial charge in [0.15, 0.2) is 17.3 Å². The number of amides is 1. The average Bonchev–Trinajstić information content (AvgIpc) is 3.56. The van der Waals surface area contributed by atoms with E-state index in [1.165, 1.54) is 13.1 Å². The van der Waals surface area contributed by atoms with E-state index in [0.717, 1.165) is 17.1 Å². The summed E-state index contributed by atoms with van der Waals surface area (Å²) in [6.07, 6.45) is 3.61. The molecule has 0 fully saturated rings. The fraction of sp³-hybridized carbons (Fsp3) is 0.219. The number of carbonyl (C=O) groups excluding carboxylic acids is 2. The van der Waals surface area contributed by atoms with Crippen LogP contribution in [0.4, 0.5) is 0 Å². The lowest BCUT2D eigenvalue weighted by Crippen LogP contribution is -2.16. The number of allylic oxidation sites excluding steroid dienone is 1. The van der Waals surface area contributed by atoms with Gasteiger partial charge in [-0.25, -0.2) is 5.43 Å². The highest BCUT2D eigenvalue weighted by molar-refractivity contribution is 5.92. The average molecular weight is 556 g/mol. The predicted molar refractivity (Wildman–Crippen MR) is 156 cm³/mol. The van der Waals surface area contributed by atoms with Gasteiger partial charge in [0.25, 0.3) is 0 Å². The van der Waals surface area contributed by atoms with E-state index in [4.69, 9.17) is 18.6 Å². The number of nitrogens with one attached hydrogen (secondary N) is 1. The number of carbonyl (C=O) groups is 2. The third-order valence-corrected chi connectivity index (χ3v) is 6.08. The summed E-state index contributed by atoms with van der Waals surface area (Å²) < 4.78 is 24.7. The van der Waals surface area contributed by atoms with Gasteiger partial charge in [-0.2, -0.15) is 5.10 Å². The van der Waals surface area contributed by atoms with E-state index in [9.17, 15) is 9.59 Å². The fourth-order valence-corrected chi connectivity index (χ4v) is 4.31. The number of esters is 1. The van der Waals surface area contributed by atoms with Crippen LogP contribution in [0.25, 0.3) is 5.69 Å². The Balaban J connectivity index is 1.36. The van der Waals surface area contributed by atoms with Crippen molar-refractivity contribution in [1.82, 2.24) is 9.99 Å². The van der Waals surface area contributed by atoms with E-state index >= 15 is 0 Å². The molecule has 1 N–H and O–H groups in total. The zero-order valence-electron chi connectivity index (χ0n) is 23.6. The number of aromatic nitrogens is 1. The summed E-state index contributed by atoms with van der Waals surface area (Å²) in [6, 6.07) is 18.7. The second-order valence-corrected chi connectivity index (χ2v) is 9.23. The SMILES string of the molecule is C=CCc1cc(/C=N/NC(=O)c2ccc(COc3ccc(-n4c(C)ccc4C)cc3)o2)cc(OCC)c1OC(C)=O. The van der Waals surface area contributed by atoms with Crippen molar-refractivity contribution in [1.29, 1.82) is 0 Å². The standard InChI is InChI=1S/C32H33N3O6/c1-6-8-25-17-24(18-30(38-7-2)31(25)40-23(5)36)19-33-34-32(37)29-16-15-28(41-29)20-39-27-13-11-26(12-14-27)35-21(3)9-10-22(35)4/h6,9-19H,1,7-8,20H2,2-5H3,(H,34,37)/b33-19+. The molecule has 0 aliphatic carbocycles. The van der Waals surface area contributed by atoms with Gasteiger partial charge in [0.1, 0.15) is 18.1 Å². The van der Waals surface area contributed by atoms with Gasteiger partial charge in [0.2, 0.25) is 0 Å². The minimum Gasteiger partial charge on any atom is -0.490 e. The van der Waals surface area contributed by atoms with Gasteiger partial charge in [-0.3, -0.25) is 9.59 Å². The first-order valence-corrected chi connectivity index (χ1v) is 13.2. The Hall–Kier alpha value is -5.05. The van der Waals surface area contributed by atoms with Crippen molar-refractivity contribution in [2.24, 2.45) is 5.10 Å². The van der Waals surface area contributed by atoms with Crippen LogP contribution >= 0.6 is 0 Å². The van der Waals surface area contributed by atoms with Crippen LogP contribution in [-0.4, -0.2) is 29.3 Å². The molecule has 0 spiro atoms. The Kier molecular flexibility index (Phi) is 9.42. The number of hydrogen-bond acceptors (Lipinski definition) is 7. The molecular weight excluding hydrogens is 522 g/mol. The van der Waals surface area contributed by atoms with E-state index in [-0.39, 0.29) is 12.4 Å². The molecular formula is C32H33N3O6. The van der Waals surface area contributed by atoms with Crippen molar-refractivity contribution in [2.45, 2.75) is 40.7 Å². The van der Waals surface area contributed by atoms with E-state index < -0.39 is 11.9 Å². The highest BCUT2D eigenvalue weighted by Gasteiger charge is 2.15. The van der Waals surface area contributed by atoms with Crippen molar-refractivity contribution in [3.05, 3.63) is 107 Å². The van der Waals surface area contributed by atoms with Gasteiger partial charge in [-0.05, 0) is 93.4 Å². The lowest BCUT2D eigenvalue weighted by atomic mass is 10.1. The smallest absolute Gasteiger partial charge is 0.308 e. The summed E-state index contributed by atoms with van der Waals surface area (Å²) in [5, 5.41) is 4.05. The van der Waals surface area contributed by atoms with Crippen molar-refractivity contribution in [2.75, 3.05) is 6.61 Å². The second-order valence-electron chi connectivity index (χ2n) is 9.23. The topological polar surface area (TPSA) is 104 Å². The largest absolute Gasteiger partial charge is 0.490 e. The Labute approximate surface area is 239 Å². The second kappa shape index (κ2) is 13.3. The number of ether oxygens (including phenoxy) is 3. The fourth-order valence-electron chi connectivity index (χ4n) is 4.31. The van der Waals surface area contributed by atoms with Crippen LogP contribution in [0.2, 0.25) is 0 Å². The maximum absolute atomic E-state index is 12.6. The monoisotopic (exact) mass is 555 g/mol. The Morgan fingerprint density at radius 3 is 2.41 bits per heavy atom. The third-order valence-electron chi connectivity index (χ3n) is 6.08. The Bertz CT molecular complexity index is 1540. The van der Waals surface area contributed by atoms with E-state index in [0.29, 0.717) is 47.2 Å². The predicted octanol–water partition coefficient (Wildman–Crippen LogP) is 6.08. The molecule has 2 aromatic carbocycles. The van der Waals surface area contributed by atoms with E-state index in [1.54, 1.807) is 30.3 Å². The van der Waals surface area contributed by atoms with Crippen molar-refractivity contribution in [3.8, 4) is 22.9 Å². The number of hydrogen-bond donors (Lipinski definition) is 1. The highest BCUT2D eigenvalue weighted by Crippen LogP contribution is 2.33. The number of hydrazone groups is 1. The van der Waals surface area contributed by atoms with Crippen molar-refractivity contribution in [3.63, 3.8) is 0 Å². The first-order chi connectivity index (χ1) is 19.8. The number of rotatable bonds is 12. The van der Waals surface area contributed by atoms with Gasteiger partial charge < -0.3 is 23.2 Å². The van der Waals surface area contributed by atoms with Gasteiger partial charge >= 0.3 is 11.9 Å². The molecule has 4 rings (SSSR count). The summed E-state index contributed by atoms with van der Waals surface area (Å²) in [7, 11) is 0. The summed E-state index contributed by atoms with van der Waals surface area (Å²) in [5.41, 5.74) is 7.18. The minimum absolute atomic E-state index is 0.0993. The van der Waals surface area contributed by atoms with E-state index in [2.05, 4.69) is 47.7 Å². The van der Waals surface area contributed by atoms with Gasteiger partial charge in [-0.1, -0.05) is 6.08 Å². The lowest BCUT2D eigenvalue weighted by molar-refractivity contribution is -0.132. The summed E-state index contributed by atoms with van der Waals surface area (Å²) in [4.78, 5) is 24.2. The molecule has 0 saturated carbocycles. The van der Waals surface area contributed by atoms with Crippen molar-refractivity contribution >= 4 is 18.1 Å². The molecule has 41 heavy (non-hydrogen) atoms. The summed E-state index contributed by atoms with van der Waals surface area (Å²) in [5.74, 6) is 1.05. The van der Waals surface area contributed by atoms with Crippen LogP contribution in [0.5, 0.6) is 17.2 Å². The molecule has 1 amide bonds. The minimum atomic E-state index is -0.512. The molecule has 0 bridgehead atoms. The molecule has 0 aliphatic heterocycles. The molecule has 0 atom stereocenters. The van der Waals surface area contributed by atoms with Crippen LogP contribution in [0.3, 0.4) is 0 Å². The molecule has 9 nitrogen and oxygen atoms in total. The number of nitrogens with zero attached hydrogens (tertiary/aromatic N) is 2. The summed E-state index contributed by atoms with van der Waals surface area (Å²) in [6.45, 7) is 11.6. The first kappa shape index (κ1) is 28.9. The Morgan fingerprint density at radius 2 is 1.76 bits per heavy atom. The number of aryl methyl sites for hydroxylation is 2. The lowest BCUT2D eigenvalue weighted by Gasteiger charge is -2.14. The van der Waals surface area contributed by atoms with E-state index in [1.807, 2.05) is 31.2 Å². The van der Waals surface area contributed by atoms with Crippen molar-refractivity contribution < 1.29 is 28.2 Å². The van der Waals surface area contributed by atoms with Gasteiger partial charge in [0, 0.05) is 29.6 Å². The molecule has 2 heterocycles. The van der Waals surface area contributed by atoms with Crippen LogP contribution in [0.1, 0.15) is 52.7 Å². The highest BCUT2D eigenvalue weighted by atomic mass is 16.6. The third kappa shape index (κ3) is 7.33. The molecule has 0 radical (unpaired) electrons. The molecule has 0 unspecified atom stereocenters. The molecule has 9 heteroatoms. The zero-order valence-corrected chi connectivity index (χ0v) is 23.6. The number of benzene rings is 2. The first-order valence-electron chi connectivity index (χ1n) is 13.2. The molecule has 0 saturated heterocycles. The van der Waals surface area contributed by atoms with Crippen LogP contribution in [0, 0.1) is 13.8 Å². The number of furan rings is 1. The van der Waals surface area contributed by atoms with Crippen LogP contribution < -0.4 is 19.6 Å². The van der Waals surface area contributed by atoms with Crippen LogP contribution in [0.15, 0.2) is 82.8 Å². The molecule has 212 valence electrons. The van der Waals surface area contributed by atoms with Gasteiger partial charge in [-0.15, -0.1) is 6.58 Å². The zero-order chi connectivity index (χ0) is 29.4. The molecule has 0 aliphatic rings. The molecule has 2 aromatic heterocycles. The van der Waals surface area contributed by atoms with Crippen LogP contribution in [-0.2, 0) is 17.8 Å². The molecule has 4 aromatic rings.